The van der Waals surface area contributed by atoms with Crippen LogP contribution < -0.4 is 0 Å². The smallest absolute Gasteiger partial charge is 0.357 e. The Morgan fingerprint density at radius 1 is 1.05 bits per heavy atom. The van der Waals surface area contributed by atoms with Gasteiger partial charge in [0.15, 0.2) is 11.5 Å². The topological polar surface area (TPSA) is 77.8 Å². The van der Waals surface area contributed by atoms with E-state index < -0.39 is 11.8 Å². The Hall–Kier alpha value is -2.74. The molecule has 2 aliphatic carbocycles. The quantitative estimate of drug-likeness (QED) is 0.328. The third kappa shape index (κ3) is 5.65. The number of rotatable bonds is 8. The minimum atomic E-state index is -0.756. The van der Waals surface area contributed by atoms with Crippen LogP contribution in [0.2, 0.25) is 0 Å². The minimum Gasteiger partial charge on any atom is -0.434 e. The average Bonchev–Trinajstić information content (AvgIpc) is 3.68. The number of carbonyl (C=O) groups is 3. The standard InChI is InChI=1S/C35H47FN2O5/c1-21(20-36)23-6-8-25(9-7-23)33(40)37-16-15-28(24-10-12-27(42-4)13-11-24)32(37)31(39)18-22-5-14-29-26(17-22)19-30-34(41)43-35(2,3)38(29)30/h5,14,17,19,21,23-25,27-28,32H,6-13,15-16,18,20H2,1-4H3/t21-,23?,24?,25?,27?,28+,32+/m1/s1. The van der Waals surface area contributed by atoms with E-state index in [2.05, 4.69) is 0 Å². The Labute approximate surface area is 254 Å². The lowest BCUT2D eigenvalue weighted by Gasteiger charge is -2.37. The molecule has 3 atom stereocenters. The molecule has 3 fully saturated rings. The summed E-state index contributed by atoms with van der Waals surface area (Å²) in [5, 5.41) is 0.915. The zero-order valence-corrected chi connectivity index (χ0v) is 26.1. The number of cyclic esters (lactones) is 1. The van der Waals surface area contributed by atoms with Crippen molar-refractivity contribution in [2.24, 2.45) is 29.6 Å². The van der Waals surface area contributed by atoms with Crippen LogP contribution >= 0.6 is 0 Å². The molecular weight excluding hydrogens is 547 g/mol. The number of halogens is 1. The summed E-state index contributed by atoms with van der Waals surface area (Å²) in [7, 11) is 1.77. The van der Waals surface area contributed by atoms with Crippen LogP contribution in [-0.4, -0.2) is 59.6 Å². The highest BCUT2D eigenvalue weighted by atomic mass is 19.1. The van der Waals surface area contributed by atoms with Gasteiger partial charge in [-0.3, -0.25) is 18.5 Å². The molecule has 3 heterocycles. The lowest BCUT2D eigenvalue weighted by Crippen LogP contribution is -2.48. The minimum absolute atomic E-state index is 0.0415. The second-order valence-corrected chi connectivity index (χ2v) is 14.2. The summed E-state index contributed by atoms with van der Waals surface area (Å²) in [6.07, 6.45) is 8.76. The van der Waals surface area contributed by atoms with Gasteiger partial charge in [-0.15, -0.1) is 0 Å². The molecule has 234 valence electrons. The molecule has 6 rings (SSSR count). The van der Waals surface area contributed by atoms with Gasteiger partial charge < -0.3 is 14.4 Å². The van der Waals surface area contributed by atoms with Gasteiger partial charge in [0.05, 0.1) is 24.3 Å². The van der Waals surface area contributed by atoms with Gasteiger partial charge in [0.1, 0.15) is 5.69 Å². The van der Waals surface area contributed by atoms with Crippen molar-refractivity contribution in [3.05, 3.63) is 35.5 Å². The number of hydrogen-bond acceptors (Lipinski definition) is 5. The molecule has 0 N–H and O–H groups in total. The van der Waals surface area contributed by atoms with Crippen LogP contribution in [0, 0.1) is 29.6 Å². The Balaban J connectivity index is 1.22. The first-order chi connectivity index (χ1) is 20.6. The molecule has 1 aromatic carbocycles. The van der Waals surface area contributed by atoms with E-state index in [1.807, 2.05) is 54.5 Å². The van der Waals surface area contributed by atoms with Gasteiger partial charge in [-0.2, -0.15) is 0 Å². The summed E-state index contributed by atoms with van der Waals surface area (Å²) in [6, 6.07) is 7.39. The number of ketones is 1. The van der Waals surface area contributed by atoms with Crippen molar-refractivity contribution in [2.75, 3.05) is 20.3 Å². The number of hydrogen-bond donors (Lipinski definition) is 0. The Bertz CT molecular complexity index is 1370. The number of alkyl halides is 1. The Kier molecular flexibility index (Phi) is 8.44. The fraction of sp³-hybridized carbons (Fsp3) is 0.686. The van der Waals surface area contributed by atoms with Crippen molar-refractivity contribution in [3.8, 4) is 0 Å². The maximum atomic E-state index is 14.3. The van der Waals surface area contributed by atoms with Crippen LogP contribution in [0.15, 0.2) is 24.3 Å². The number of methoxy groups -OCH3 is 1. The average molecular weight is 595 g/mol. The first-order valence-electron chi connectivity index (χ1n) is 16.4. The number of carbonyl (C=O) groups excluding carboxylic acids is 3. The highest BCUT2D eigenvalue weighted by Crippen LogP contribution is 2.43. The van der Waals surface area contributed by atoms with E-state index in [9.17, 15) is 18.8 Å². The fourth-order valence-electron chi connectivity index (χ4n) is 8.75. The Morgan fingerprint density at radius 2 is 1.77 bits per heavy atom. The lowest BCUT2D eigenvalue weighted by molar-refractivity contribution is -0.143. The molecule has 7 nitrogen and oxygen atoms in total. The van der Waals surface area contributed by atoms with Gasteiger partial charge in [0.25, 0.3) is 0 Å². The Morgan fingerprint density at radius 3 is 2.44 bits per heavy atom. The SMILES string of the molecule is COC1CCC([C@@H]2CCN(C(=O)C3CCC([C@H](C)CF)CC3)[C@@H]2C(=O)Cc2ccc3c(c2)cc2n3C(C)(C)OC2=O)CC1. The van der Waals surface area contributed by atoms with E-state index in [1.54, 1.807) is 7.11 Å². The second kappa shape index (κ2) is 12.0. The number of aromatic nitrogens is 1. The predicted octanol–water partition coefficient (Wildman–Crippen LogP) is 6.45. The van der Waals surface area contributed by atoms with Gasteiger partial charge in [-0.1, -0.05) is 13.0 Å². The number of amides is 1. The summed E-state index contributed by atoms with van der Waals surface area (Å²) in [5.41, 5.74) is 1.58. The summed E-state index contributed by atoms with van der Waals surface area (Å²) >= 11 is 0. The summed E-state index contributed by atoms with van der Waals surface area (Å²) in [4.78, 5) is 42.7. The van der Waals surface area contributed by atoms with Crippen molar-refractivity contribution in [2.45, 2.75) is 103 Å². The number of fused-ring (bicyclic) bond motifs is 3. The molecule has 2 saturated carbocycles. The van der Waals surface area contributed by atoms with Crippen molar-refractivity contribution >= 4 is 28.6 Å². The number of Topliss-reactive ketones (excluding diaryl/α,β-unsaturated/α-hetero) is 1. The van der Waals surface area contributed by atoms with Crippen molar-refractivity contribution in [1.82, 2.24) is 9.47 Å². The molecular formula is C35H47FN2O5. The third-order valence-corrected chi connectivity index (χ3v) is 11.2. The molecule has 0 spiro atoms. The van der Waals surface area contributed by atoms with Crippen molar-refractivity contribution in [3.63, 3.8) is 0 Å². The van der Waals surface area contributed by atoms with Crippen LogP contribution in [0.5, 0.6) is 0 Å². The molecule has 2 aromatic rings. The molecule has 1 amide bonds. The third-order valence-electron chi connectivity index (χ3n) is 11.2. The zero-order chi connectivity index (χ0) is 30.5. The molecule has 1 saturated heterocycles. The van der Waals surface area contributed by atoms with Crippen LogP contribution in [0.25, 0.3) is 10.9 Å². The van der Waals surface area contributed by atoms with Gasteiger partial charge >= 0.3 is 5.97 Å². The summed E-state index contributed by atoms with van der Waals surface area (Å²) in [6.45, 7) is 6.04. The van der Waals surface area contributed by atoms with E-state index >= 15 is 0 Å². The van der Waals surface area contributed by atoms with E-state index in [0.29, 0.717) is 24.1 Å². The van der Waals surface area contributed by atoms with E-state index in [0.717, 1.165) is 74.3 Å². The molecule has 8 heteroatoms. The van der Waals surface area contributed by atoms with Gasteiger partial charge in [0, 0.05) is 31.4 Å². The van der Waals surface area contributed by atoms with Crippen LogP contribution in [0.3, 0.4) is 0 Å². The van der Waals surface area contributed by atoms with Crippen LogP contribution in [0.4, 0.5) is 4.39 Å². The number of nitrogens with zero attached hydrogens (tertiary/aromatic N) is 2. The zero-order valence-electron chi connectivity index (χ0n) is 26.1. The molecule has 1 aromatic heterocycles. The van der Waals surface area contributed by atoms with Crippen LogP contribution in [-0.2, 0) is 31.2 Å². The molecule has 2 aliphatic heterocycles. The summed E-state index contributed by atoms with van der Waals surface area (Å²) in [5.74, 6) is 0.765. The van der Waals surface area contributed by atoms with Gasteiger partial charge in [-0.25, -0.2) is 4.79 Å². The highest BCUT2D eigenvalue weighted by molar-refractivity contribution is 5.98. The van der Waals surface area contributed by atoms with E-state index in [-0.39, 0.29) is 54.6 Å². The van der Waals surface area contributed by atoms with Gasteiger partial charge in [-0.05, 0) is 119 Å². The summed E-state index contributed by atoms with van der Waals surface area (Å²) < 4.78 is 26.4. The van der Waals surface area contributed by atoms with Crippen molar-refractivity contribution in [1.29, 1.82) is 0 Å². The number of likely N-dealkylation sites (tertiary alicyclic amines) is 1. The highest BCUT2D eigenvalue weighted by Gasteiger charge is 2.47. The number of ether oxygens (including phenoxy) is 2. The largest absolute Gasteiger partial charge is 0.434 e. The second-order valence-electron chi connectivity index (χ2n) is 14.2. The van der Waals surface area contributed by atoms with E-state index in [4.69, 9.17) is 9.47 Å². The maximum Gasteiger partial charge on any atom is 0.357 e. The number of esters is 1. The molecule has 0 bridgehead atoms. The van der Waals surface area contributed by atoms with Gasteiger partial charge in [0.2, 0.25) is 5.91 Å². The molecule has 4 aliphatic rings. The normalized spacial score (nSPS) is 31.2. The first-order valence-corrected chi connectivity index (χ1v) is 16.4. The molecule has 43 heavy (non-hydrogen) atoms. The predicted molar refractivity (Wildman–Crippen MR) is 162 cm³/mol. The molecule has 0 unspecified atom stereocenters. The van der Waals surface area contributed by atoms with Crippen molar-refractivity contribution < 1.29 is 28.2 Å². The number of benzene rings is 1. The lowest BCUT2D eigenvalue weighted by atomic mass is 9.74. The fourth-order valence-corrected chi connectivity index (χ4v) is 8.75. The van der Waals surface area contributed by atoms with E-state index in [1.165, 1.54) is 0 Å². The monoisotopic (exact) mass is 594 g/mol. The molecule has 0 radical (unpaired) electrons. The maximum absolute atomic E-state index is 14.3. The van der Waals surface area contributed by atoms with Crippen LogP contribution in [0.1, 0.15) is 94.6 Å². The first kappa shape index (κ1) is 30.3.